The third-order valence-electron chi connectivity index (χ3n) is 3.03. The number of rotatable bonds is 10. The van der Waals surface area contributed by atoms with Gasteiger partial charge in [0.15, 0.2) is 0 Å². The predicted octanol–water partition coefficient (Wildman–Crippen LogP) is 3.75. The Kier molecular flexibility index (Phi) is 7.25. The van der Waals surface area contributed by atoms with Crippen molar-refractivity contribution in [1.82, 2.24) is 0 Å². The Balaban J connectivity index is 1.96. The maximum Gasteiger partial charge on any atom is 0.330 e. The average molecular weight is 278 g/mol. The van der Waals surface area contributed by atoms with Gasteiger partial charge in [0, 0.05) is 5.57 Å². The fourth-order valence-corrected chi connectivity index (χ4v) is 1.81. The summed E-state index contributed by atoms with van der Waals surface area (Å²) in [6.07, 6.45) is 5.58. The van der Waals surface area contributed by atoms with Crippen LogP contribution in [0.3, 0.4) is 0 Å². The molecule has 0 fully saturated rings. The number of hydrogen-bond acceptors (Lipinski definition) is 3. The van der Waals surface area contributed by atoms with Crippen LogP contribution in [0.5, 0.6) is 11.5 Å². The summed E-state index contributed by atoms with van der Waals surface area (Å²) < 4.78 is 5.53. The van der Waals surface area contributed by atoms with E-state index in [-0.39, 0.29) is 5.75 Å². The van der Waals surface area contributed by atoms with Gasteiger partial charge in [-0.1, -0.05) is 25.8 Å². The van der Waals surface area contributed by atoms with Crippen LogP contribution in [-0.2, 0) is 4.79 Å². The van der Waals surface area contributed by atoms with E-state index < -0.39 is 5.97 Å². The minimum Gasteiger partial charge on any atom is -0.508 e. The Morgan fingerprint density at radius 1 is 1.05 bits per heavy atom. The highest BCUT2D eigenvalue weighted by Gasteiger charge is 2.02. The van der Waals surface area contributed by atoms with E-state index in [4.69, 9.17) is 14.9 Å². The number of phenolic OH excluding ortho intramolecular Hbond substituents is 1. The van der Waals surface area contributed by atoms with Gasteiger partial charge < -0.3 is 14.9 Å². The first-order valence-corrected chi connectivity index (χ1v) is 6.92. The smallest absolute Gasteiger partial charge is 0.330 e. The fraction of sp³-hybridized carbons (Fsp3) is 0.438. The second-order valence-corrected chi connectivity index (χ2v) is 4.77. The van der Waals surface area contributed by atoms with Crippen LogP contribution in [0.2, 0.25) is 0 Å². The van der Waals surface area contributed by atoms with Gasteiger partial charge in [0.25, 0.3) is 0 Å². The molecule has 2 N–H and O–H groups in total. The Morgan fingerprint density at radius 3 is 2.30 bits per heavy atom. The molecule has 4 heteroatoms. The normalized spacial score (nSPS) is 10.2. The molecule has 0 spiro atoms. The number of carboxylic acids is 1. The minimum atomic E-state index is -0.896. The third kappa shape index (κ3) is 6.83. The van der Waals surface area contributed by atoms with Crippen LogP contribution in [0.15, 0.2) is 36.4 Å². The lowest BCUT2D eigenvalue weighted by Crippen LogP contribution is -1.99. The van der Waals surface area contributed by atoms with E-state index in [2.05, 4.69) is 6.58 Å². The van der Waals surface area contributed by atoms with E-state index in [1.807, 2.05) is 0 Å². The van der Waals surface area contributed by atoms with Gasteiger partial charge in [-0.15, -0.1) is 0 Å². The highest BCUT2D eigenvalue weighted by molar-refractivity contribution is 5.85. The van der Waals surface area contributed by atoms with Crippen molar-refractivity contribution in [2.24, 2.45) is 0 Å². The first-order chi connectivity index (χ1) is 9.59. The summed E-state index contributed by atoms with van der Waals surface area (Å²) in [4.78, 5) is 10.5. The second kappa shape index (κ2) is 9.02. The molecule has 0 radical (unpaired) electrons. The molecule has 0 atom stereocenters. The summed E-state index contributed by atoms with van der Waals surface area (Å²) in [6, 6.07) is 6.69. The van der Waals surface area contributed by atoms with Gasteiger partial charge in [-0.05, 0) is 43.5 Å². The summed E-state index contributed by atoms with van der Waals surface area (Å²) >= 11 is 0. The van der Waals surface area contributed by atoms with E-state index in [0.29, 0.717) is 18.6 Å². The van der Waals surface area contributed by atoms with E-state index >= 15 is 0 Å². The van der Waals surface area contributed by atoms with Crippen LogP contribution in [0.4, 0.5) is 0 Å². The molecule has 0 heterocycles. The lowest BCUT2D eigenvalue weighted by atomic mass is 10.1. The monoisotopic (exact) mass is 278 g/mol. The van der Waals surface area contributed by atoms with E-state index in [0.717, 1.165) is 37.9 Å². The number of aliphatic carboxylic acids is 1. The molecule has 0 aliphatic heterocycles. The number of carbonyl (C=O) groups is 1. The van der Waals surface area contributed by atoms with Crippen LogP contribution in [0.25, 0.3) is 0 Å². The Labute approximate surface area is 119 Å². The maximum absolute atomic E-state index is 10.5. The number of aromatic hydroxyl groups is 1. The molecule has 0 saturated carbocycles. The number of carboxylic acid groups (broad SMARTS) is 1. The quantitative estimate of drug-likeness (QED) is 0.505. The van der Waals surface area contributed by atoms with Crippen molar-refractivity contribution in [3.63, 3.8) is 0 Å². The summed E-state index contributed by atoms with van der Waals surface area (Å²) in [5, 5.41) is 17.8. The van der Waals surface area contributed by atoms with E-state index in [1.54, 1.807) is 24.3 Å². The fourth-order valence-electron chi connectivity index (χ4n) is 1.81. The molecule has 1 rings (SSSR count). The molecule has 20 heavy (non-hydrogen) atoms. The SMILES string of the molecule is C=C(CCCCCCCOc1ccc(O)cc1)C(=O)O. The second-order valence-electron chi connectivity index (χ2n) is 4.77. The van der Waals surface area contributed by atoms with Crippen molar-refractivity contribution in [3.8, 4) is 11.5 Å². The molecule has 0 aliphatic carbocycles. The molecule has 1 aromatic carbocycles. The lowest BCUT2D eigenvalue weighted by Gasteiger charge is -2.06. The molecule has 0 amide bonds. The standard InChI is InChI=1S/C16H22O4/c1-13(16(18)19)7-5-3-2-4-6-12-20-15-10-8-14(17)9-11-15/h8-11,17H,1-7,12H2,(H,18,19). The molecule has 1 aromatic rings. The van der Waals surface area contributed by atoms with Gasteiger partial charge in [-0.3, -0.25) is 0 Å². The summed E-state index contributed by atoms with van der Waals surface area (Å²) in [6.45, 7) is 4.16. The van der Waals surface area contributed by atoms with Crippen LogP contribution in [0, 0.1) is 0 Å². The van der Waals surface area contributed by atoms with Crippen LogP contribution in [-0.4, -0.2) is 22.8 Å². The molecule has 0 unspecified atom stereocenters. The zero-order valence-corrected chi connectivity index (χ0v) is 11.7. The Bertz CT molecular complexity index is 423. The largest absolute Gasteiger partial charge is 0.508 e. The van der Waals surface area contributed by atoms with Crippen molar-refractivity contribution in [1.29, 1.82) is 0 Å². The molecule has 0 aliphatic rings. The van der Waals surface area contributed by atoms with Crippen molar-refractivity contribution in [3.05, 3.63) is 36.4 Å². The van der Waals surface area contributed by atoms with Gasteiger partial charge in [0.2, 0.25) is 0 Å². The van der Waals surface area contributed by atoms with Crippen LogP contribution in [0.1, 0.15) is 38.5 Å². The summed E-state index contributed by atoms with van der Waals surface area (Å²) in [5.41, 5.74) is 0.292. The topological polar surface area (TPSA) is 66.8 Å². The third-order valence-corrected chi connectivity index (χ3v) is 3.03. The number of ether oxygens (including phenoxy) is 1. The van der Waals surface area contributed by atoms with Gasteiger partial charge in [-0.25, -0.2) is 4.79 Å². The minimum absolute atomic E-state index is 0.236. The Hall–Kier alpha value is -1.97. The van der Waals surface area contributed by atoms with Crippen molar-refractivity contribution >= 4 is 5.97 Å². The van der Waals surface area contributed by atoms with Crippen molar-refractivity contribution in [2.45, 2.75) is 38.5 Å². The van der Waals surface area contributed by atoms with E-state index in [9.17, 15) is 4.79 Å². The van der Waals surface area contributed by atoms with Gasteiger partial charge in [-0.2, -0.15) is 0 Å². The van der Waals surface area contributed by atoms with Crippen LogP contribution < -0.4 is 4.74 Å². The predicted molar refractivity (Wildman–Crippen MR) is 78.1 cm³/mol. The zero-order chi connectivity index (χ0) is 14.8. The van der Waals surface area contributed by atoms with Crippen LogP contribution >= 0.6 is 0 Å². The zero-order valence-electron chi connectivity index (χ0n) is 11.7. The molecule has 0 saturated heterocycles. The molecule has 0 bridgehead atoms. The lowest BCUT2D eigenvalue weighted by molar-refractivity contribution is -0.132. The average Bonchev–Trinajstić information content (AvgIpc) is 2.43. The van der Waals surface area contributed by atoms with Crippen molar-refractivity contribution < 1.29 is 19.7 Å². The maximum atomic E-state index is 10.5. The Morgan fingerprint density at radius 2 is 1.65 bits per heavy atom. The number of unbranched alkanes of at least 4 members (excludes halogenated alkanes) is 4. The highest BCUT2D eigenvalue weighted by Crippen LogP contribution is 2.16. The van der Waals surface area contributed by atoms with Gasteiger partial charge in [0.05, 0.1) is 6.61 Å². The number of phenols is 1. The molecular weight excluding hydrogens is 256 g/mol. The van der Waals surface area contributed by atoms with Crippen molar-refractivity contribution in [2.75, 3.05) is 6.61 Å². The summed E-state index contributed by atoms with van der Waals surface area (Å²) in [7, 11) is 0. The van der Waals surface area contributed by atoms with E-state index in [1.165, 1.54) is 0 Å². The molecular formula is C16H22O4. The summed E-state index contributed by atoms with van der Waals surface area (Å²) in [5.74, 6) is 0.105. The first-order valence-electron chi connectivity index (χ1n) is 6.92. The highest BCUT2D eigenvalue weighted by atomic mass is 16.5. The molecule has 110 valence electrons. The number of benzene rings is 1. The van der Waals surface area contributed by atoms with Gasteiger partial charge >= 0.3 is 5.97 Å². The first kappa shape index (κ1) is 16.1. The molecule has 0 aromatic heterocycles. The number of hydrogen-bond donors (Lipinski definition) is 2. The molecule has 4 nitrogen and oxygen atoms in total. The van der Waals surface area contributed by atoms with Gasteiger partial charge in [0.1, 0.15) is 11.5 Å².